The molecule has 1 unspecified atom stereocenters. The molecule has 9 nitrogen and oxygen atoms in total. The fourth-order valence-electron chi connectivity index (χ4n) is 3.81. The minimum atomic E-state index is -3.79. The number of aromatic nitrogens is 2. The molecule has 0 saturated heterocycles. The standard InChI is InChI=1S/C23H24N4O5S/c1-12-10-18(15(4)31-12)20-11-19(21-13(2)26-32-22(21)25-20)23(28)27(5)14(3)16-6-8-17(9-7-16)33(24,29)30/h6-11,14H,1-5H3,(H2,24,29,30). The van der Waals surface area contributed by atoms with E-state index in [1.54, 1.807) is 37.1 Å². The Bertz CT molecular complexity index is 1470. The van der Waals surface area contributed by atoms with E-state index in [-0.39, 0.29) is 22.6 Å². The molecule has 2 N–H and O–H groups in total. The maximum atomic E-state index is 13.6. The summed E-state index contributed by atoms with van der Waals surface area (Å²) in [4.78, 5) is 19.7. The molecule has 172 valence electrons. The number of rotatable bonds is 5. The van der Waals surface area contributed by atoms with Crippen molar-refractivity contribution in [3.63, 3.8) is 0 Å². The third-order valence-corrected chi connectivity index (χ3v) is 6.69. The predicted octanol–water partition coefficient (Wildman–Crippen LogP) is 3.89. The van der Waals surface area contributed by atoms with Gasteiger partial charge in [-0.2, -0.15) is 0 Å². The number of furan rings is 1. The first-order valence-corrected chi connectivity index (χ1v) is 11.8. The molecule has 0 spiro atoms. The van der Waals surface area contributed by atoms with Crippen molar-refractivity contribution in [2.75, 3.05) is 7.05 Å². The van der Waals surface area contributed by atoms with E-state index in [1.165, 1.54) is 12.1 Å². The molecule has 0 bridgehead atoms. The van der Waals surface area contributed by atoms with Crippen LogP contribution < -0.4 is 5.14 Å². The average Bonchev–Trinajstić information content (AvgIpc) is 3.32. The second-order valence-corrected chi connectivity index (χ2v) is 9.60. The van der Waals surface area contributed by atoms with Crippen LogP contribution in [-0.2, 0) is 10.0 Å². The molecule has 1 atom stereocenters. The Labute approximate surface area is 191 Å². The maximum absolute atomic E-state index is 13.6. The average molecular weight is 469 g/mol. The molecule has 0 aliphatic carbocycles. The summed E-state index contributed by atoms with van der Waals surface area (Å²) in [5.74, 6) is 1.17. The Morgan fingerprint density at radius 1 is 1.12 bits per heavy atom. The van der Waals surface area contributed by atoms with Crippen LogP contribution in [0, 0.1) is 20.8 Å². The van der Waals surface area contributed by atoms with Gasteiger partial charge in [0.05, 0.1) is 33.3 Å². The van der Waals surface area contributed by atoms with Gasteiger partial charge in [0.25, 0.3) is 11.6 Å². The Hall–Kier alpha value is -3.50. The molecule has 4 aromatic rings. The Morgan fingerprint density at radius 2 is 1.79 bits per heavy atom. The van der Waals surface area contributed by atoms with Gasteiger partial charge in [-0.15, -0.1) is 0 Å². The van der Waals surface area contributed by atoms with Gasteiger partial charge in [0.1, 0.15) is 11.5 Å². The Balaban J connectivity index is 1.75. The minimum Gasteiger partial charge on any atom is -0.466 e. The molecule has 3 heterocycles. The first-order chi connectivity index (χ1) is 15.5. The molecule has 1 aromatic carbocycles. The van der Waals surface area contributed by atoms with Crippen molar-refractivity contribution in [1.82, 2.24) is 15.0 Å². The van der Waals surface area contributed by atoms with Crippen molar-refractivity contribution in [1.29, 1.82) is 0 Å². The first kappa shape index (κ1) is 22.7. The van der Waals surface area contributed by atoms with Crippen LogP contribution in [0.4, 0.5) is 0 Å². The van der Waals surface area contributed by atoms with E-state index in [0.29, 0.717) is 28.1 Å². The van der Waals surface area contributed by atoms with Crippen molar-refractivity contribution in [2.45, 2.75) is 38.6 Å². The van der Waals surface area contributed by atoms with Gasteiger partial charge < -0.3 is 13.8 Å². The summed E-state index contributed by atoms with van der Waals surface area (Å²) in [7, 11) is -2.11. The highest BCUT2D eigenvalue weighted by Gasteiger charge is 2.26. The van der Waals surface area contributed by atoms with Crippen LogP contribution in [0.2, 0.25) is 0 Å². The Kier molecular flexibility index (Phi) is 5.59. The smallest absolute Gasteiger partial charge is 0.259 e. The fourth-order valence-corrected chi connectivity index (χ4v) is 4.33. The number of benzene rings is 1. The predicted molar refractivity (Wildman–Crippen MR) is 122 cm³/mol. The minimum absolute atomic E-state index is 0.0128. The molecule has 1 amide bonds. The molecular formula is C23H24N4O5S. The number of amides is 1. The van der Waals surface area contributed by atoms with Crippen molar-refractivity contribution >= 4 is 27.0 Å². The van der Waals surface area contributed by atoms with Gasteiger partial charge in [-0.05, 0) is 57.5 Å². The van der Waals surface area contributed by atoms with Gasteiger partial charge in [0, 0.05) is 12.6 Å². The van der Waals surface area contributed by atoms with E-state index >= 15 is 0 Å². The summed E-state index contributed by atoms with van der Waals surface area (Å²) in [5, 5.41) is 9.72. The lowest BCUT2D eigenvalue weighted by molar-refractivity contribution is 0.0744. The molecule has 3 aromatic heterocycles. The number of sulfonamides is 1. The number of aryl methyl sites for hydroxylation is 3. The van der Waals surface area contributed by atoms with Gasteiger partial charge in [-0.25, -0.2) is 18.5 Å². The number of primary sulfonamides is 1. The highest BCUT2D eigenvalue weighted by atomic mass is 32.2. The molecule has 0 aliphatic rings. The second kappa shape index (κ2) is 8.13. The molecule has 4 rings (SSSR count). The van der Waals surface area contributed by atoms with Crippen LogP contribution in [0.15, 0.2) is 50.2 Å². The summed E-state index contributed by atoms with van der Waals surface area (Å²) in [5.41, 5.74) is 3.31. The van der Waals surface area contributed by atoms with Crippen LogP contribution in [0.5, 0.6) is 0 Å². The normalized spacial score (nSPS) is 12.8. The largest absolute Gasteiger partial charge is 0.466 e. The topological polar surface area (TPSA) is 133 Å². The number of fused-ring (bicyclic) bond motifs is 1. The van der Waals surface area contributed by atoms with Crippen molar-refractivity contribution in [3.8, 4) is 11.3 Å². The Morgan fingerprint density at radius 3 is 2.36 bits per heavy atom. The van der Waals surface area contributed by atoms with Crippen LogP contribution in [0.3, 0.4) is 0 Å². The van der Waals surface area contributed by atoms with Crippen molar-refractivity contribution in [2.24, 2.45) is 5.14 Å². The highest BCUT2D eigenvalue weighted by molar-refractivity contribution is 7.89. The first-order valence-electron chi connectivity index (χ1n) is 10.2. The number of carbonyl (C=O) groups is 1. The second-order valence-electron chi connectivity index (χ2n) is 8.04. The summed E-state index contributed by atoms with van der Waals surface area (Å²) < 4.78 is 34.1. The van der Waals surface area contributed by atoms with Gasteiger partial charge in [-0.1, -0.05) is 17.3 Å². The van der Waals surface area contributed by atoms with Gasteiger partial charge in [0.15, 0.2) is 0 Å². The summed E-state index contributed by atoms with van der Waals surface area (Å²) in [6, 6.07) is 9.37. The van der Waals surface area contributed by atoms with Gasteiger partial charge >= 0.3 is 0 Å². The molecule has 33 heavy (non-hydrogen) atoms. The quantitative estimate of drug-likeness (QED) is 0.470. The maximum Gasteiger partial charge on any atom is 0.259 e. The van der Waals surface area contributed by atoms with E-state index < -0.39 is 10.0 Å². The highest BCUT2D eigenvalue weighted by Crippen LogP contribution is 2.32. The van der Waals surface area contributed by atoms with Gasteiger partial charge in [-0.3, -0.25) is 4.79 Å². The zero-order valence-corrected chi connectivity index (χ0v) is 19.7. The van der Waals surface area contributed by atoms with E-state index in [4.69, 9.17) is 14.1 Å². The van der Waals surface area contributed by atoms with E-state index in [2.05, 4.69) is 10.1 Å². The fraction of sp³-hybridized carbons (Fsp3) is 0.261. The molecule has 0 aliphatic heterocycles. The third-order valence-electron chi connectivity index (χ3n) is 5.76. The lowest BCUT2D eigenvalue weighted by Crippen LogP contribution is -2.30. The lowest BCUT2D eigenvalue weighted by atomic mass is 10.0. The van der Waals surface area contributed by atoms with Crippen molar-refractivity contribution < 1.29 is 22.2 Å². The number of nitrogens with two attached hydrogens (primary N) is 1. The SMILES string of the molecule is Cc1cc(-c2cc(C(=O)N(C)C(C)c3ccc(S(N)(=O)=O)cc3)c3c(C)noc3n2)c(C)o1. The monoisotopic (exact) mass is 468 g/mol. The van der Waals surface area contributed by atoms with E-state index in [1.807, 2.05) is 26.8 Å². The molecule has 0 saturated carbocycles. The van der Waals surface area contributed by atoms with E-state index in [0.717, 1.165) is 16.9 Å². The number of carbonyl (C=O) groups excluding carboxylic acids is 1. The van der Waals surface area contributed by atoms with E-state index in [9.17, 15) is 13.2 Å². The number of nitrogens with zero attached hydrogens (tertiary/aromatic N) is 3. The molecular weight excluding hydrogens is 444 g/mol. The molecule has 0 fully saturated rings. The van der Waals surface area contributed by atoms with Crippen LogP contribution in [0.1, 0.15) is 46.1 Å². The zero-order valence-electron chi connectivity index (χ0n) is 18.9. The lowest BCUT2D eigenvalue weighted by Gasteiger charge is -2.26. The number of hydrogen-bond donors (Lipinski definition) is 1. The van der Waals surface area contributed by atoms with Gasteiger partial charge in [0.2, 0.25) is 10.0 Å². The van der Waals surface area contributed by atoms with Crippen LogP contribution in [0.25, 0.3) is 22.4 Å². The zero-order chi connectivity index (χ0) is 24.1. The van der Waals surface area contributed by atoms with Crippen LogP contribution in [-0.4, -0.2) is 36.4 Å². The summed E-state index contributed by atoms with van der Waals surface area (Å²) in [6.07, 6.45) is 0. The third kappa shape index (κ3) is 4.14. The molecule has 0 radical (unpaired) electrons. The summed E-state index contributed by atoms with van der Waals surface area (Å²) in [6.45, 7) is 7.29. The van der Waals surface area contributed by atoms with Crippen LogP contribution >= 0.6 is 0 Å². The molecule has 10 heteroatoms. The summed E-state index contributed by atoms with van der Waals surface area (Å²) >= 11 is 0. The number of hydrogen-bond acceptors (Lipinski definition) is 7. The number of pyridine rings is 1. The van der Waals surface area contributed by atoms with Crippen molar-refractivity contribution in [3.05, 3.63) is 64.7 Å².